The summed E-state index contributed by atoms with van der Waals surface area (Å²) in [6.07, 6.45) is 0. The lowest BCUT2D eigenvalue weighted by atomic mass is 10.1. The standard InChI is InChI=1S/C16H15BrN2S/c1-11-8-12(14-4-2-3-5-15(14)19-11)9-18-10-13-6-7-16(17)20-13/h2-8,18H,9-10H2,1H3. The van der Waals surface area contributed by atoms with E-state index in [1.54, 1.807) is 11.3 Å². The zero-order valence-corrected chi connectivity index (χ0v) is 13.6. The number of aromatic nitrogens is 1. The maximum Gasteiger partial charge on any atom is 0.0708 e. The number of rotatable bonds is 4. The Hall–Kier alpha value is -1.23. The van der Waals surface area contributed by atoms with Crippen molar-refractivity contribution in [2.75, 3.05) is 0 Å². The predicted molar refractivity (Wildman–Crippen MR) is 89.0 cm³/mol. The van der Waals surface area contributed by atoms with E-state index in [0.717, 1.165) is 24.3 Å². The van der Waals surface area contributed by atoms with Crippen molar-refractivity contribution in [1.82, 2.24) is 10.3 Å². The largest absolute Gasteiger partial charge is 0.308 e. The molecule has 0 bridgehead atoms. The van der Waals surface area contributed by atoms with Crippen LogP contribution in [0.3, 0.4) is 0 Å². The summed E-state index contributed by atoms with van der Waals surface area (Å²) in [4.78, 5) is 5.91. The first-order valence-corrected chi connectivity index (χ1v) is 8.13. The lowest BCUT2D eigenvalue weighted by Gasteiger charge is -2.08. The summed E-state index contributed by atoms with van der Waals surface area (Å²) in [7, 11) is 0. The number of aryl methyl sites for hydroxylation is 1. The van der Waals surface area contributed by atoms with Crippen molar-refractivity contribution in [1.29, 1.82) is 0 Å². The third-order valence-corrected chi connectivity index (χ3v) is 4.80. The van der Waals surface area contributed by atoms with Crippen LogP contribution in [0.5, 0.6) is 0 Å². The Bertz CT molecular complexity index is 736. The molecular weight excluding hydrogens is 332 g/mol. The number of benzene rings is 1. The second-order valence-electron chi connectivity index (χ2n) is 4.75. The molecule has 0 radical (unpaired) electrons. The molecule has 0 spiro atoms. The molecular formula is C16H15BrN2S. The van der Waals surface area contributed by atoms with Crippen LogP contribution in [0.25, 0.3) is 10.9 Å². The molecule has 20 heavy (non-hydrogen) atoms. The predicted octanol–water partition coefficient (Wildman–Crippen LogP) is 4.66. The van der Waals surface area contributed by atoms with Gasteiger partial charge in [0.15, 0.2) is 0 Å². The summed E-state index contributed by atoms with van der Waals surface area (Å²) in [5.74, 6) is 0. The number of para-hydroxylation sites is 1. The lowest BCUT2D eigenvalue weighted by molar-refractivity contribution is 0.703. The van der Waals surface area contributed by atoms with Crippen LogP contribution < -0.4 is 5.32 Å². The molecule has 0 aliphatic carbocycles. The van der Waals surface area contributed by atoms with E-state index < -0.39 is 0 Å². The molecule has 0 unspecified atom stereocenters. The van der Waals surface area contributed by atoms with Crippen LogP contribution in [0, 0.1) is 6.92 Å². The highest BCUT2D eigenvalue weighted by Crippen LogP contribution is 2.22. The number of nitrogens with zero attached hydrogens (tertiary/aromatic N) is 1. The Kier molecular flexibility index (Phi) is 4.15. The van der Waals surface area contributed by atoms with Crippen LogP contribution in [-0.4, -0.2) is 4.98 Å². The van der Waals surface area contributed by atoms with Gasteiger partial charge in [-0.1, -0.05) is 18.2 Å². The lowest BCUT2D eigenvalue weighted by Crippen LogP contribution is -2.12. The quantitative estimate of drug-likeness (QED) is 0.743. The normalized spacial score (nSPS) is 11.1. The van der Waals surface area contributed by atoms with Crippen molar-refractivity contribution in [3.8, 4) is 0 Å². The van der Waals surface area contributed by atoms with Crippen molar-refractivity contribution in [2.24, 2.45) is 0 Å². The van der Waals surface area contributed by atoms with Crippen LogP contribution in [0.15, 0.2) is 46.3 Å². The van der Waals surface area contributed by atoms with Crippen LogP contribution in [0.4, 0.5) is 0 Å². The Morgan fingerprint density at radius 2 is 2.00 bits per heavy atom. The fraction of sp³-hybridized carbons (Fsp3) is 0.188. The molecule has 2 heterocycles. The number of halogens is 1. The van der Waals surface area contributed by atoms with Gasteiger partial charge in [-0.2, -0.15) is 0 Å². The molecule has 0 saturated carbocycles. The van der Waals surface area contributed by atoms with Crippen LogP contribution in [-0.2, 0) is 13.1 Å². The first-order valence-electron chi connectivity index (χ1n) is 6.52. The molecule has 4 heteroatoms. The molecule has 0 amide bonds. The van der Waals surface area contributed by atoms with Gasteiger partial charge in [-0.3, -0.25) is 4.98 Å². The molecule has 2 aromatic heterocycles. The Morgan fingerprint density at radius 1 is 1.15 bits per heavy atom. The van der Waals surface area contributed by atoms with Gasteiger partial charge in [0.2, 0.25) is 0 Å². The van der Waals surface area contributed by atoms with Crippen molar-refractivity contribution in [2.45, 2.75) is 20.0 Å². The summed E-state index contributed by atoms with van der Waals surface area (Å²) in [6, 6.07) is 14.7. The average Bonchev–Trinajstić information content (AvgIpc) is 2.84. The third-order valence-electron chi connectivity index (χ3n) is 3.17. The number of nitrogens with one attached hydrogen (secondary N) is 1. The zero-order valence-electron chi connectivity index (χ0n) is 11.2. The van der Waals surface area contributed by atoms with Crippen LogP contribution in [0.1, 0.15) is 16.1 Å². The molecule has 0 aliphatic rings. The summed E-state index contributed by atoms with van der Waals surface area (Å²) >= 11 is 5.26. The van der Waals surface area contributed by atoms with Crippen molar-refractivity contribution in [3.05, 3.63) is 62.4 Å². The van der Waals surface area contributed by atoms with Crippen LogP contribution in [0.2, 0.25) is 0 Å². The van der Waals surface area contributed by atoms with Crippen molar-refractivity contribution in [3.63, 3.8) is 0 Å². The molecule has 0 aliphatic heterocycles. The van der Waals surface area contributed by atoms with E-state index >= 15 is 0 Å². The van der Waals surface area contributed by atoms with E-state index in [2.05, 4.69) is 62.6 Å². The van der Waals surface area contributed by atoms with E-state index in [1.165, 1.54) is 19.6 Å². The maximum absolute atomic E-state index is 4.57. The number of fused-ring (bicyclic) bond motifs is 1. The minimum absolute atomic E-state index is 0.861. The summed E-state index contributed by atoms with van der Waals surface area (Å²) < 4.78 is 1.18. The van der Waals surface area contributed by atoms with Crippen molar-refractivity contribution >= 4 is 38.2 Å². The second kappa shape index (κ2) is 6.04. The summed E-state index contributed by atoms with van der Waals surface area (Å²) in [5.41, 5.74) is 3.45. The monoisotopic (exact) mass is 346 g/mol. The smallest absolute Gasteiger partial charge is 0.0708 e. The fourth-order valence-corrected chi connectivity index (χ4v) is 3.76. The van der Waals surface area contributed by atoms with Gasteiger partial charge in [0.1, 0.15) is 0 Å². The van der Waals surface area contributed by atoms with Gasteiger partial charge in [-0.15, -0.1) is 11.3 Å². The highest BCUT2D eigenvalue weighted by Gasteiger charge is 2.04. The Balaban J connectivity index is 1.77. The molecule has 2 nitrogen and oxygen atoms in total. The molecule has 1 N–H and O–H groups in total. The maximum atomic E-state index is 4.57. The van der Waals surface area contributed by atoms with Gasteiger partial charge in [-0.05, 0) is 52.7 Å². The number of hydrogen-bond acceptors (Lipinski definition) is 3. The molecule has 1 aromatic carbocycles. The zero-order chi connectivity index (χ0) is 13.9. The van der Waals surface area contributed by atoms with Gasteiger partial charge in [-0.25, -0.2) is 0 Å². The van der Waals surface area contributed by atoms with Gasteiger partial charge in [0, 0.05) is 29.0 Å². The first-order chi connectivity index (χ1) is 9.72. The molecule has 0 saturated heterocycles. The molecule has 102 valence electrons. The van der Waals surface area contributed by atoms with Gasteiger partial charge >= 0.3 is 0 Å². The number of hydrogen-bond donors (Lipinski definition) is 1. The minimum atomic E-state index is 0.861. The highest BCUT2D eigenvalue weighted by atomic mass is 79.9. The van der Waals surface area contributed by atoms with Crippen molar-refractivity contribution < 1.29 is 0 Å². The van der Waals surface area contributed by atoms with E-state index in [9.17, 15) is 0 Å². The molecule has 3 rings (SSSR count). The Labute approximate surface area is 131 Å². The molecule has 0 atom stereocenters. The molecule has 3 aromatic rings. The topological polar surface area (TPSA) is 24.9 Å². The minimum Gasteiger partial charge on any atom is -0.308 e. The first kappa shape index (κ1) is 13.7. The summed E-state index contributed by atoms with van der Waals surface area (Å²) in [5, 5.41) is 4.75. The summed E-state index contributed by atoms with van der Waals surface area (Å²) in [6.45, 7) is 3.80. The van der Waals surface area contributed by atoms with E-state index in [1.807, 2.05) is 13.0 Å². The number of pyridine rings is 1. The molecule has 0 fully saturated rings. The highest BCUT2D eigenvalue weighted by molar-refractivity contribution is 9.11. The fourth-order valence-electron chi connectivity index (χ4n) is 2.31. The van der Waals surface area contributed by atoms with Gasteiger partial charge in [0.05, 0.1) is 9.30 Å². The SMILES string of the molecule is Cc1cc(CNCc2ccc(Br)s2)c2ccccc2n1. The second-order valence-corrected chi connectivity index (χ2v) is 7.30. The third kappa shape index (κ3) is 3.08. The van der Waals surface area contributed by atoms with E-state index in [-0.39, 0.29) is 0 Å². The number of thiophene rings is 1. The van der Waals surface area contributed by atoms with E-state index in [4.69, 9.17) is 0 Å². The van der Waals surface area contributed by atoms with E-state index in [0.29, 0.717) is 0 Å². The Morgan fingerprint density at radius 3 is 2.80 bits per heavy atom. The van der Waals surface area contributed by atoms with Crippen LogP contribution >= 0.6 is 27.3 Å². The van der Waals surface area contributed by atoms with Gasteiger partial charge in [0.25, 0.3) is 0 Å². The average molecular weight is 347 g/mol. The van der Waals surface area contributed by atoms with Gasteiger partial charge < -0.3 is 5.32 Å².